The zero-order chi connectivity index (χ0) is 2.00. The monoisotopic (exact) mass is 172 g/mol. The molecule has 0 saturated carbocycles. The molecule has 32 valence electrons. The van der Waals surface area contributed by atoms with Gasteiger partial charge in [0.15, 0.2) is 0 Å². The normalized spacial score (nSPS) is 1.00. The van der Waals surface area contributed by atoms with Gasteiger partial charge in [-0.3, -0.25) is 0 Å². The Labute approximate surface area is 80.6 Å². The molecule has 6 heavy (non-hydrogen) atoms. The van der Waals surface area contributed by atoms with Crippen molar-refractivity contribution in [2.24, 2.45) is 0 Å². The SMILES string of the molecule is O=[Si+2].[Cl-].[Cl-].[Cl-].[Na+]. The number of hydrogen-bond acceptors (Lipinski definition) is 1. The van der Waals surface area contributed by atoms with Crippen LogP contribution in [0.25, 0.3) is 0 Å². The van der Waals surface area contributed by atoms with E-state index in [1.807, 2.05) is 0 Å². The first-order valence-corrected chi connectivity index (χ1v) is 0.612. The molecule has 6 heteroatoms. The second-order valence-corrected chi connectivity index (χ2v) is 0. The van der Waals surface area contributed by atoms with Crippen molar-refractivity contribution < 1.29 is 71.2 Å². The minimum atomic E-state index is 0. The molecule has 0 aromatic carbocycles. The van der Waals surface area contributed by atoms with Crippen molar-refractivity contribution in [1.82, 2.24) is 0 Å². The van der Waals surface area contributed by atoms with Crippen LogP contribution in [0.4, 0.5) is 0 Å². The van der Waals surface area contributed by atoms with Gasteiger partial charge in [-0.2, -0.15) is 0 Å². The van der Waals surface area contributed by atoms with Gasteiger partial charge in [0.1, 0.15) is 0 Å². The quantitative estimate of drug-likeness (QED) is 0.333. The van der Waals surface area contributed by atoms with E-state index in [1.54, 1.807) is 10.1 Å². The molecule has 0 aromatic heterocycles. The maximum atomic E-state index is 8.06. The van der Waals surface area contributed by atoms with E-state index in [9.17, 15) is 0 Å². The second-order valence-electron chi connectivity index (χ2n) is 0. The average Bonchev–Trinajstić information content (AvgIpc) is 1.00. The molecule has 1 nitrogen and oxygen atoms in total. The van der Waals surface area contributed by atoms with Crippen molar-refractivity contribution in [3.05, 3.63) is 0 Å². The van der Waals surface area contributed by atoms with Crippen molar-refractivity contribution in [1.29, 1.82) is 0 Å². The fourth-order valence-electron chi connectivity index (χ4n) is 0. The van der Waals surface area contributed by atoms with E-state index in [1.165, 1.54) is 0 Å². The fourth-order valence-corrected chi connectivity index (χ4v) is 0. The van der Waals surface area contributed by atoms with Crippen molar-refractivity contribution in [2.75, 3.05) is 0 Å². The van der Waals surface area contributed by atoms with E-state index < -0.39 is 0 Å². The zero-order valence-electron chi connectivity index (χ0n) is 3.04. The maximum Gasteiger partial charge on any atom is 1.00 e. The minimum Gasteiger partial charge on any atom is -1.00 e. The van der Waals surface area contributed by atoms with Crippen molar-refractivity contribution >= 4 is 10.1 Å². The first-order valence-electron chi connectivity index (χ1n) is 0.204. The van der Waals surface area contributed by atoms with Gasteiger partial charge in [-0.25, -0.2) is 0 Å². The summed E-state index contributed by atoms with van der Waals surface area (Å²) in [6.45, 7) is 0. The molecule has 0 bridgehead atoms. The molecule has 0 aliphatic rings. The summed E-state index contributed by atoms with van der Waals surface area (Å²) in [5.41, 5.74) is 0. The number of rotatable bonds is 0. The molecule has 0 unspecified atom stereocenters. The van der Waals surface area contributed by atoms with E-state index >= 15 is 0 Å². The van der Waals surface area contributed by atoms with Crippen LogP contribution in [0.15, 0.2) is 0 Å². The molecule has 0 spiro atoms. The van der Waals surface area contributed by atoms with E-state index in [2.05, 4.69) is 0 Å². The molecular formula is Cl3NaOSi. The Morgan fingerprint density at radius 2 is 0.833 bits per heavy atom. The standard InChI is InChI=1S/3ClH.Na.OSi/c;;;;1-2/h3*1H;;/q;;;+1;+2/p-3. The fraction of sp³-hybridized carbons (Fsp3) is 0. The van der Waals surface area contributed by atoms with Gasteiger partial charge in [0.05, 0.1) is 0 Å². The van der Waals surface area contributed by atoms with Gasteiger partial charge in [0, 0.05) is 0 Å². The first-order chi connectivity index (χ1) is 1.00. The van der Waals surface area contributed by atoms with Gasteiger partial charge < -0.3 is 37.2 Å². The molecule has 0 fully saturated rings. The van der Waals surface area contributed by atoms with Gasteiger partial charge >= 0.3 is 44.1 Å². The predicted octanol–water partition coefficient (Wildman–Crippen LogP) is -12.5. The Morgan fingerprint density at radius 3 is 0.833 bits per heavy atom. The Bertz CT molecular complexity index is 10.8. The summed E-state index contributed by atoms with van der Waals surface area (Å²) < 4.78 is 8.06. The molecule has 0 aliphatic heterocycles. The Hall–Kier alpha value is 1.89. The van der Waals surface area contributed by atoms with Crippen molar-refractivity contribution in [3.63, 3.8) is 0 Å². The van der Waals surface area contributed by atoms with Crippen LogP contribution in [0.3, 0.4) is 0 Å². The number of hydrogen-bond donors (Lipinski definition) is 0. The minimum absolute atomic E-state index is 0. The molecular weight excluding hydrogens is 173 g/mol. The topological polar surface area (TPSA) is 17.1 Å². The molecule has 0 rings (SSSR count). The van der Waals surface area contributed by atoms with Crippen LogP contribution in [0.5, 0.6) is 0 Å². The average molecular weight is 173 g/mol. The van der Waals surface area contributed by atoms with E-state index in [0.29, 0.717) is 0 Å². The molecule has 0 atom stereocenters. The summed E-state index contributed by atoms with van der Waals surface area (Å²) in [4.78, 5) is 0. The molecule has 0 amide bonds. The van der Waals surface area contributed by atoms with Gasteiger partial charge in [-0.05, 0) is 0 Å². The smallest absolute Gasteiger partial charge is 1.00 e. The van der Waals surface area contributed by atoms with E-state index in [0.717, 1.165) is 0 Å². The summed E-state index contributed by atoms with van der Waals surface area (Å²) >= 11 is 0. The van der Waals surface area contributed by atoms with Gasteiger partial charge in [-0.1, -0.05) is 0 Å². The summed E-state index contributed by atoms with van der Waals surface area (Å²) in [5, 5.41) is 0. The Morgan fingerprint density at radius 1 is 0.833 bits per heavy atom. The van der Waals surface area contributed by atoms with Crippen LogP contribution in [-0.2, 0) is 4.46 Å². The third-order valence-electron chi connectivity index (χ3n) is 0. The summed E-state index contributed by atoms with van der Waals surface area (Å²) in [7, 11) is 1.72. The maximum absolute atomic E-state index is 8.06. The van der Waals surface area contributed by atoms with E-state index in [-0.39, 0.29) is 66.8 Å². The van der Waals surface area contributed by atoms with Crippen LogP contribution in [0.1, 0.15) is 0 Å². The van der Waals surface area contributed by atoms with Crippen molar-refractivity contribution in [3.8, 4) is 0 Å². The molecule has 0 N–H and O–H groups in total. The van der Waals surface area contributed by atoms with Gasteiger partial charge in [-0.15, -0.1) is 0 Å². The molecule has 0 saturated heterocycles. The van der Waals surface area contributed by atoms with Crippen LogP contribution < -0.4 is 66.8 Å². The second kappa shape index (κ2) is 67.0. The van der Waals surface area contributed by atoms with E-state index in [4.69, 9.17) is 4.46 Å². The van der Waals surface area contributed by atoms with Crippen LogP contribution in [0.2, 0.25) is 0 Å². The summed E-state index contributed by atoms with van der Waals surface area (Å²) in [5.74, 6) is 0. The Balaban J connectivity index is -0.000000000833. The van der Waals surface area contributed by atoms with Crippen LogP contribution in [-0.4, -0.2) is 10.1 Å². The molecule has 0 aromatic rings. The summed E-state index contributed by atoms with van der Waals surface area (Å²) in [6, 6.07) is 0. The summed E-state index contributed by atoms with van der Waals surface area (Å²) in [6.07, 6.45) is 0. The molecule has 0 heterocycles. The zero-order valence-corrected chi connectivity index (χ0v) is 8.31. The largest absolute Gasteiger partial charge is 1.00 e. The first kappa shape index (κ1) is 44.9. The third-order valence-corrected chi connectivity index (χ3v) is 0. The van der Waals surface area contributed by atoms with Gasteiger partial charge in [0.2, 0.25) is 0 Å². The van der Waals surface area contributed by atoms with Crippen molar-refractivity contribution in [2.45, 2.75) is 0 Å². The van der Waals surface area contributed by atoms with Gasteiger partial charge in [0.25, 0.3) is 0 Å². The third kappa shape index (κ3) is 39.5. The van der Waals surface area contributed by atoms with Crippen LogP contribution >= 0.6 is 0 Å². The predicted molar refractivity (Wildman–Crippen MR) is 6.44 cm³/mol. The Kier molecular flexibility index (Phi) is 501. The van der Waals surface area contributed by atoms with Crippen LogP contribution in [0, 0.1) is 0 Å². The molecule has 0 radical (unpaired) electrons. The molecule has 0 aliphatic carbocycles. The number of halogens is 3.